The number of aliphatic hydroxyl groups excluding tert-OH is 2. The van der Waals surface area contributed by atoms with Crippen LogP contribution in [0.5, 0.6) is 5.75 Å². The minimum absolute atomic E-state index is 0.223. The van der Waals surface area contributed by atoms with E-state index < -0.39 is 5.97 Å². The zero-order chi connectivity index (χ0) is 20.4. The smallest absolute Gasteiger partial charge is 0.352 e. The van der Waals surface area contributed by atoms with Gasteiger partial charge in [0.2, 0.25) is 0 Å². The molecule has 1 heterocycles. The topological polar surface area (TPSA) is 85.2 Å². The highest BCUT2D eigenvalue weighted by atomic mass is 17.2. The van der Waals surface area contributed by atoms with Crippen LogP contribution in [0.25, 0.3) is 0 Å². The molecule has 0 bridgehead atoms. The monoisotopic (exact) mass is 404 g/mol. The molecule has 6 nitrogen and oxygen atoms in total. The van der Waals surface area contributed by atoms with Gasteiger partial charge in [-0.05, 0) is 80.2 Å². The molecule has 0 spiro atoms. The Kier molecular flexibility index (Phi) is 6.42. The van der Waals surface area contributed by atoms with Gasteiger partial charge in [0.15, 0.2) is 5.75 Å². The van der Waals surface area contributed by atoms with E-state index >= 15 is 0 Å². The number of hydrogen-bond donors (Lipinski definition) is 2. The first-order chi connectivity index (χ1) is 14.0. The van der Waals surface area contributed by atoms with Gasteiger partial charge >= 0.3 is 5.97 Å². The summed E-state index contributed by atoms with van der Waals surface area (Å²) in [6.45, 7) is 2.80. The zero-order valence-electron chi connectivity index (χ0n) is 17.1. The van der Waals surface area contributed by atoms with E-state index in [1.807, 2.05) is 12.1 Å². The standard InChI is InChI=1S/C23H32O6/c1-14(24)28-29-23-4-2-3-16-11-19-17(12-20(16)23)13-22(26)18(19)5-6-21(25)15-7-9-27-10-8-15/h2-4,15,17-19,21-22,25-26H,5-13H2,1H3. The van der Waals surface area contributed by atoms with Crippen LogP contribution >= 0.6 is 0 Å². The number of aliphatic hydroxyl groups is 2. The molecule has 1 aromatic carbocycles. The number of hydrogen-bond acceptors (Lipinski definition) is 6. The third-order valence-electron chi connectivity index (χ3n) is 7.20. The van der Waals surface area contributed by atoms with Gasteiger partial charge in [0.05, 0.1) is 12.2 Å². The normalized spacial score (nSPS) is 30.3. The molecule has 1 aromatic rings. The molecule has 4 rings (SSSR count). The molecule has 2 aliphatic carbocycles. The molecule has 2 fully saturated rings. The van der Waals surface area contributed by atoms with Crippen molar-refractivity contribution in [1.82, 2.24) is 0 Å². The SMILES string of the molecule is CC(=O)OOc1cccc2c1CC1CC(O)C(CCC(O)C3CCOCC3)C1C2. The largest absolute Gasteiger partial charge is 0.393 e. The van der Waals surface area contributed by atoms with E-state index in [4.69, 9.17) is 14.5 Å². The molecule has 0 amide bonds. The third kappa shape index (κ3) is 4.60. The molecule has 1 saturated heterocycles. The van der Waals surface area contributed by atoms with Gasteiger partial charge < -0.3 is 14.9 Å². The Morgan fingerprint density at radius 2 is 2.07 bits per heavy atom. The van der Waals surface area contributed by atoms with Gasteiger partial charge in [-0.3, -0.25) is 9.78 Å². The lowest BCUT2D eigenvalue weighted by molar-refractivity contribution is -0.211. The maximum Gasteiger partial charge on any atom is 0.352 e. The van der Waals surface area contributed by atoms with E-state index in [0.29, 0.717) is 23.5 Å². The van der Waals surface area contributed by atoms with Gasteiger partial charge in [0, 0.05) is 25.7 Å². The molecule has 0 aromatic heterocycles. The Labute approximate surface area is 172 Å². The quantitative estimate of drug-likeness (QED) is 0.560. The molecule has 6 heteroatoms. The second kappa shape index (κ2) is 9.02. The Balaban J connectivity index is 1.41. The van der Waals surface area contributed by atoms with Crippen LogP contribution in [0, 0.1) is 23.7 Å². The number of carbonyl (C=O) groups is 1. The maximum absolute atomic E-state index is 11.1. The van der Waals surface area contributed by atoms with Gasteiger partial charge in [0.1, 0.15) is 0 Å². The highest BCUT2D eigenvalue weighted by Crippen LogP contribution is 2.48. The summed E-state index contributed by atoms with van der Waals surface area (Å²) in [6, 6.07) is 5.85. The van der Waals surface area contributed by atoms with Crippen LogP contribution in [-0.2, 0) is 27.3 Å². The van der Waals surface area contributed by atoms with Crippen molar-refractivity contribution in [3.63, 3.8) is 0 Å². The third-order valence-corrected chi connectivity index (χ3v) is 7.20. The van der Waals surface area contributed by atoms with Gasteiger partial charge in [-0.2, -0.15) is 0 Å². The maximum atomic E-state index is 11.1. The van der Waals surface area contributed by atoms with E-state index in [2.05, 4.69) is 6.07 Å². The molecular formula is C23H32O6. The van der Waals surface area contributed by atoms with Crippen LogP contribution in [-0.4, -0.2) is 41.6 Å². The van der Waals surface area contributed by atoms with E-state index in [0.717, 1.165) is 63.7 Å². The Morgan fingerprint density at radius 3 is 2.83 bits per heavy atom. The molecule has 2 N–H and O–H groups in total. The minimum atomic E-state index is -0.476. The first-order valence-electron chi connectivity index (χ1n) is 10.9. The van der Waals surface area contributed by atoms with Gasteiger partial charge in [0.25, 0.3) is 0 Å². The summed E-state index contributed by atoms with van der Waals surface area (Å²) in [5.74, 6) is 1.49. The zero-order valence-corrected chi connectivity index (χ0v) is 17.1. The summed E-state index contributed by atoms with van der Waals surface area (Å²) < 4.78 is 5.40. The van der Waals surface area contributed by atoms with Crippen molar-refractivity contribution in [2.75, 3.05) is 13.2 Å². The predicted molar refractivity (Wildman–Crippen MR) is 106 cm³/mol. The Morgan fingerprint density at radius 1 is 1.28 bits per heavy atom. The van der Waals surface area contributed by atoms with Gasteiger partial charge in [-0.25, -0.2) is 4.79 Å². The molecule has 160 valence electrons. The Hall–Kier alpha value is -1.63. The number of ether oxygens (including phenoxy) is 1. The summed E-state index contributed by atoms with van der Waals surface area (Å²) >= 11 is 0. The van der Waals surface area contributed by atoms with Crippen LogP contribution < -0.4 is 4.89 Å². The van der Waals surface area contributed by atoms with Crippen molar-refractivity contribution in [3.05, 3.63) is 29.3 Å². The average molecular weight is 405 g/mol. The molecule has 5 atom stereocenters. The molecule has 1 aliphatic heterocycles. The lowest BCUT2D eigenvalue weighted by Gasteiger charge is -2.33. The van der Waals surface area contributed by atoms with Crippen molar-refractivity contribution in [2.45, 2.75) is 64.1 Å². The minimum Gasteiger partial charge on any atom is -0.393 e. The Bertz CT molecular complexity index is 713. The first kappa shape index (κ1) is 20.6. The van der Waals surface area contributed by atoms with Crippen molar-refractivity contribution in [3.8, 4) is 5.75 Å². The first-order valence-corrected chi connectivity index (χ1v) is 10.9. The summed E-state index contributed by atoms with van der Waals surface area (Å²) in [5.41, 5.74) is 2.30. The fraction of sp³-hybridized carbons (Fsp3) is 0.696. The lowest BCUT2D eigenvalue weighted by atomic mass is 9.73. The van der Waals surface area contributed by atoms with E-state index in [9.17, 15) is 15.0 Å². The molecule has 0 radical (unpaired) electrons. The number of rotatable bonds is 6. The highest BCUT2D eigenvalue weighted by molar-refractivity contribution is 5.65. The predicted octanol–water partition coefficient (Wildman–Crippen LogP) is 2.82. The van der Waals surface area contributed by atoms with Crippen LogP contribution in [0.1, 0.15) is 50.2 Å². The highest BCUT2D eigenvalue weighted by Gasteiger charge is 2.45. The number of fused-ring (bicyclic) bond motifs is 2. The molecule has 5 unspecified atom stereocenters. The molecule has 29 heavy (non-hydrogen) atoms. The van der Waals surface area contributed by atoms with Crippen molar-refractivity contribution >= 4 is 5.97 Å². The van der Waals surface area contributed by atoms with Gasteiger partial charge in [-0.15, -0.1) is 0 Å². The summed E-state index contributed by atoms with van der Waals surface area (Å²) in [5, 5.41) is 21.4. The van der Waals surface area contributed by atoms with Crippen molar-refractivity contribution in [1.29, 1.82) is 0 Å². The summed E-state index contributed by atoms with van der Waals surface area (Å²) in [7, 11) is 0. The van der Waals surface area contributed by atoms with Crippen LogP contribution in [0.3, 0.4) is 0 Å². The van der Waals surface area contributed by atoms with Crippen molar-refractivity contribution < 1.29 is 29.5 Å². The fourth-order valence-corrected chi connectivity index (χ4v) is 5.69. The average Bonchev–Trinajstić information content (AvgIpc) is 3.03. The van der Waals surface area contributed by atoms with E-state index in [1.54, 1.807) is 0 Å². The number of benzene rings is 1. The van der Waals surface area contributed by atoms with E-state index in [-0.39, 0.29) is 18.1 Å². The molecule has 3 aliphatic rings. The fourth-order valence-electron chi connectivity index (χ4n) is 5.69. The summed E-state index contributed by atoms with van der Waals surface area (Å²) in [6.07, 6.45) is 5.35. The molecule has 1 saturated carbocycles. The second-order valence-corrected chi connectivity index (χ2v) is 8.95. The van der Waals surface area contributed by atoms with E-state index in [1.165, 1.54) is 12.5 Å². The number of carbonyl (C=O) groups excluding carboxylic acids is 1. The van der Waals surface area contributed by atoms with Crippen LogP contribution in [0.15, 0.2) is 18.2 Å². The van der Waals surface area contributed by atoms with Crippen LogP contribution in [0.4, 0.5) is 0 Å². The molecular weight excluding hydrogens is 372 g/mol. The van der Waals surface area contributed by atoms with Crippen molar-refractivity contribution in [2.24, 2.45) is 23.7 Å². The van der Waals surface area contributed by atoms with Gasteiger partial charge in [-0.1, -0.05) is 12.1 Å². The summed E-state index contributed by atoms with van der Waals surface area (Å²) in [4.78, 5) is 21.1. The second-order valence-electron chi connectivity index (χ2n) is 8.95. The van der Waals surface area contributed by atoms with Crippen LogP contribution in [0.2, 0.25) is 0 Å². The lowest BCUT2D eigenvalue weighted by Crippen LogP contribution is -2.31.